The summed E-state index contributed by atoms with van der Waals surface area (Å²) in [5.74, 6) is -0.140. The van der Waals surface area contributed by atoms with Crippen LogP contribution in [0, 0.1) is 5.82 Å². The summed E-state index contributed by atoms with van der Waals surface area (Å²) in [6, 6.07) is 16.5. The Labute approximate surface area is 159 Å². The van der Waals surface area contributed by atoms with Crippen LogP contribution in [0.25, 0.3) is 0 Å². The molecule has 0 aliphatic carbocycles. The zero-order valence-electron chi connectivity index (χ0n) is 14.4. The predicted octanol–water partition coefficient (Wildman–Crippen LogP) is 2.78. The first-order chi connectivity index (χ1) is 12.1. The third-order valence-corrected chi connectivity index (χ3v) is 5.38. The zero-order chi connectivity index (χ0) is 17.4. The number of nitrogens with two attached hydrogens (primary N) is 1. The first-order valence-corrected chi connectivity index (χ1v) is 8.75. The lowest BCUT2D eigenvalue weighted by Crippen LogP contribution is -2.41. The second-order valence-corrected chi connectivity index (χ2v) is 6.88. The highest BCUT2D eigenvalue weighted by Gasteiger charge is 2.42. The minimum absolute atomic E-state index is 0. The van der Waals surface area contributed by atoms with E-state index in [2.05, 4.69) is 17.0 Å². The van der Waals surface area contributed by atoms with Gasteiger partial charge in [0.1, 0.15) is 5.82 Å². The molecule has 138 valence electrons. The number of nitrogens with zero attached hydrogens (tertiary/aromatic N) is 2. The Morgan fingerprint density at radius 3 is 2.42 bits per heavy atom. The first-order valence-electron chi connectivity index (χ1n) is 8.75. The van der Waals surface area contributed by atoms with Crippen molar-refractivity contribution in [1.82, 2.24) is 4.90 Å². The zero-order valence-corrected chi connectivity index (χ0v) is 15.2. The molecule has 4 nitrogen and oxygen atoms in total. The summed E-state index contributed by atoms with van der Waals surface area (Å²) in [6.45, 7) is 2.01. The number of likely N-dealkylation sites (tertiary alicyclic amines) is 1. The highest BCUT2D eigenvalue weighted by atomic mass is 35.5. The molecule has 0 radical (unpaired) electrons. The standard InChI is InChI=1S/C20H22FN3O.ClH/c21-16-8-4-5-9-18(16)24-11-10-19(20(24)25)23-12-15(17(22)13-23)14-6-2-1-3-7-14;/h1-9,15,17,19H,10-13,22H2;1H/t15-,17+,19?;/m0./s1. The molecule has 2 aromatic rings. The van der Waals surface area contributed by atoms with Crippen molar-refractivity contribution < 1.29 is 9.18 Å². The fourth-order valence-electron chi connectivity index (χ4n) is 4.08. The molecule has 26 heavy (non-hydrogen) atoms. The molecule has 2 saturated heterocycles. The number of carbonyl (C=O) groups excluding carboxylic acids is 1. The van der Waals surface area contributed by atoms with E-state index in [4.69, 9.17) is 5.73 Å². The van der Waals surface area contributed by atoms with Crippen LogP contribution < -0.4 is 10.6 Å². The lowest BCUT2D eigenvalue weighted by Gasteiger charge is -2.23. The average Bonchev–Trinajstić information content (AvgIpc) is 3.19. The lowest BCUT2D eigenvalue weighted by molar-refractivity contribution is -0.121. The molecule has 2 fully saturated rings. The minimum Gasteiger partial charge on any atom is -0.326 e. The summed E-state index contributed by atoms with van der Waals surface area (Å²) in [5.41, 5.74) is 7.95. The van der Waals surface area contributed by atoms with E-state index in [0.29, 0.717) is 25.2 Å². The molecule has 4 rings (SSSR count). The van der Waals surface area contributed by atoms with Crippen LogP contribution in [0.4, 0.5) is 10.1 Å². The van der Waals surface area contributed by atoms with Gasteiger partial charge in [0.25, 0.3) is 0 Å². The summed E-state index contributed by atoms with van der Waals surface area (Å²) >= 11 is 0. The third kappa shape index (κ3) is 3.34. The number of para-hydroxylation sites is 1. The molecular weight excluding hydrogens is 353 g/mol. The van der Waals surface area contributed by atoms with Crippen molar-refractivity contribution >= 4 is 24.0 Å². The summed E-state index contributed by atoms with van der Waals surface area (Å²) in [7, 11) is 0. The maximum Gasteiger partial charge on any atom is 0.244 e. The van der Waals surface area contributed by atoms with Gasteiger partial charge in [0.2, 0.25) is 5.91 Å². The van der Waals surface area contributed by atoms with Gasteiger partial charge in [0.15, 0.2) is 0 Å². The van der Waals surface area contributed by atoms with E-state index in [-0.39, 0.29) is 42.1 Å². The molecule has 1 unspecified atom stereocenters. The SMILES string of the molecule is Cl.N[C@@H]1CN(C2CCN(c3ccccc3F)C2=O)C[C@H]1c1ccccc1. The van der Waals surface area contributed by atoms with Crippen molar-refractivity contribution in [2.24, 2.45) is 5.73 Å². The van der Waals surface area contributed by atoms with Gasteiger partial charge in [-0.2, -0.15) is 0 Å². The Morgan fingerprint density at radius 1 is 1.00 bits per heavy atom. The van der Waals surface area contributed by atoms with Gasteiger partial charge in [-0.05, 0) is 24.1 Å². The van der Waals surface area contributed by atoms with E-state index >= 15 is 0 Å². The number of hydrogen-bond acceptors (Lipinski definition) is 3. The van der Waals surface area contributed by atoms with Crippen LogP contribution in [0.15, 0.2) is 54.6 Å². The smallest absolute Gasteiger partial charge is 0.244 e. The molecule has 2 aliphatic rings. The van der Waals surface area contributed by atoms with Crippen molar-refractivity contribution in [2.75, 3.05) is 24.5 Å². The highest BCUT2D eigenvalue weighted by molar-refractivity contribution is 5.99. The lowest BCUT2D eigenvalue weighted by atomic mass is 9.95. The van der Waals surface area contributed by atoms with Crippen LogP contribution in [-0.2, 0) is 4.79 Å². The number of hydrogen-bond donors (Lipinski definition) is 1. The monoisotopic (exact) mass is 375 g/mol. The van der Waals surface area contributed by atoms with Gasteiger partial charge >= 0.3 is 0 Å². The van der Waals surface area contributed by atoms with Gasteiger partial charge in [0.05, 0.1) is 11.7 Å². The number of amides is 1. The molecule has 2 N–H and O–H groups in total. The van der Waals surface area contributed by atoms with Crippen LogP contribution in [0.2, 0.25) is 0 Å². The van der Waals surface area contributed by atoms with E-state index in [0.717, 1.165) is 6.54 Å². The molecular formula is C20H23ClFN3O. The van der Waals surface area contributed by atoms with Crippen molar-refractivity contribution in [1.29, 1.82) is 0 Å². The summed E-state index contributed by atoms with van der Waals surface area (Å²) in [6.07, 6.45) is 0.710. The Bertz CT molecular complexity index is 773. The maximum atomic E-state index is 14.0. The Morgan fingerprint density at radius 2 is 1.69 bits per heavy atom. The fourth-order valence-corrected chi connectivity index (χ4v) is 4.08. The molecule has 2 aromatic carbocycles. The number of anilines is 1. The van der Waals surface area contributed by atoms with Gasteiger partial charge in [0, 0.05) is 31.6 Å². The second kappa shape index (κ2) is 7.74. The summed E-state index contributed by atoms with van der Waals surface area (Å²) in [5, 5.41) is 0. The molecule has 0 bridgehead atoms. The number of benzene rings is 2. The van der Waals surface area contributed by atoms with Gasteiger partial charge in [-0.25, -0.2) is 4.39 Å². The van der Waals surface area contributed by atoms with Crippen molar-refractivity contribution in [2.45, 2.75) is 24.4 Å². The van der Waals surface area contributed by atoms with Crippen LogP contribution in [0.3, 0.4) is 0 Å². The highest BCUT2D eigenvalue weighted by Crippen LogP contribution is 2.32. The van der Waals surface area contributed by atoms with Crippen LogP contribution in [-0.4, -0.2) is 42.5 Å². The van der Waals surface area contributed by atoms with Crippen LogP contribution >= 0.6 is 12.4 Å². The molecule has 0 saturated carbocycles. The van der Waals surface area contributed by atoms with Gasteiger partial charge in [-0.1, -0.05) is 42.5 Å². The Balaban J connectivity index is 0.00000196. The van der Waals surface area contributed by atoms with Gasteiger partial charge in [-0.3, -0.25) is 9.69 Å². The van der Waals surface area contributed by atoms with Crippen LogP contribution in [0.5, 0.6) is 0 Å². The van der Waals surface area contributed by atoms with E-state index in [1.54, 1.807) is 23.1 Å². The van der Waals surface area contributed by atoms with E-state index < -0.39 is 0 Å². The number of rotatable bonds is 3. The Hall–Kier alpha value is -1.95. The fraction of sp³-hybridized carbons (Fsp3) is 0.350. The molecule has 0 spiro atoms. The first kappa shape index (κ1) is 18.8. The molecule has 6 heteroatoms. The summed E-state index contributed by atoms with van der Waals surface area (Å²) in [4.78, 5) is 16.6. The van der Waals surface area contributed by atoms with E-state index in [1.165, 1.54) is 11.6 Å². The minimum atomic E-state index is -0.350. The summed E-state index contributed by atoms with van der Waals surface area (Å²) < 4.78 is 14.0. The molecule has 2 heterocycles. The van der Waals surface area contributed by atoms with Crippen molar-refractivity contribution in [3.05, 3.63) is 66.0 Å². The normalized spacial score (nSPS) is 26.2. The van der Waals surface area contributed by atoms with E-state index in [1.807, 2.05) is 18.2 Å². The van der Waals surface area contributed by atoms with Gasteiger partial charge in [-0.15, -0.1) is 12.4 Å². The average molecular weight is 376 g/mol. The van der Waals surface area contributed by atoms with E-state index in [9.17, 15) is 9.18 Å². The molecule has 1 amide bonds. The quantitative estimate of drug-likeness (QED) is 0.897. The largest absolute Gasteiger partial charge is 0.326 e. The second-order valence-electron chi connectivity index (χ2n) is 6.88. The maximum absolute atomic E-state index is 14.0. The topological polar surface area (TPSA) is 49.6 Å². The molecule has 3 atom stereocenters. The van der Waals surface area contributed by atoms with Crippen molar-refractivity contribution in [3.63, 3.8) is 0 Å². The van der Waals surface area contributed by atoms with Crippen molar-refractivity contribution in [3.8, 4) is 0 Å². The molecule has 0 aromatic heterocycles. The third-order valence-electron chi connectivity index (χ3n) is 5.38. The molecule has 2 aliphatic heterocycles. The number of carbonyl (C=O) groups is 1. The Kier molecular flexibility index (Phi) is 5.61. The predicted molar refractivity (Wildman–Crippen MR) is 103 cm³/mol. The van der Waals surface area contributed by atoms with Crippen LogP contribution in [0.1, 0.15) is 17.9 Å². The van der Waals surface area contributed by atoms with Gasteiger partial charge < -0.3 is 10.6 Å². The number of halogens is 2.